The van der Waals surface area contributed by atoms with E-state index in [0.29, 0.717) is 29.6 Å². The summed E-state index contributed by atoms with van der Waals surface area (Å²) in [5, 5.41) is 7.83. The number of urea groups is 1. The van der Waals surface area contributed by atoms with Gasteiger partial charge in [-0.2, -0.15) is 0 Å². The van der Waals surface area contributed by atoms with Crippen molar-refractivity contribution >= 4 is 22.5 Å². The van der Waals surface area contributed by atoms with E-state index in [0.717, 1.165) is 5.56 Å². The molecule has 2 rings (SSSR count). The van der Waals surface area contributed by atoms with Crippen LogP contribution in [0.3, 0.4) is 0 Å². The highest BCUT2D eigenvalue weighted by Gasteiger charge is 2.06. The summed E-state index contributed by atoms with van der Waals surface area (Å²) in [4.78, 5) is 15.6. The molecule has 21 heavy (non-hydrogen) atoms. The van der Waals surface area contributed by atoms with Crippen LogP contribution in [0.25, 0.3) is 0 Å². The highest BCUT2D eigenvalue weighted by molar-refractivity contribution is 7.13. The van der Waals surface area contributed by atoms with Gasteiger partial charge in [-0.3, -0.25) is 5.32 Å². The predicted octanol–water partition coefficient (Wildman–Crippen LogP) is 2.52. The Hall–Kier alpha value is -2.28. The lowest BCUT2D eigenvalue weighted by molar-refractivity contribution is 0.252. The summed E-state index contributed by atoms with van der Waals surface area (Å²) < 4.78 is 10.4. The van der Waals surface area contributed by atoms with Gasteiger partial charge in [-0.1, -0.05) is 6.07 Å². The second-order valence-corrected chi connectivity index (χ2v) is 5.05. The van der Waals surface area contributed by atoms with Gasteiger partial charge in [0.1, 0.15) is 0 Å². The molecule has 0 aliphatic rings. The van der Waals surface area contributed by atoms with Crippen LogP contribution in [0.4, 0.5) is 9.93 Å². The van der Waals surface area contributed by atoms with E-state index in [4.69, 9.17) is 9.47 Å². The Kier molecular flexibility index (Phi) is 5.39. The topological polar surface area (TPSA) is 72.5 Å². The van der Waals surface area contributed by atoms with Gasteiger partial charge < -0.3 is 14.8 Å². The molecule has 0 fully saturated rings. The number of hydrogen-bond acceptors (Lipinski definition) is 5. The quantitative estimate of drug-likeness (QED) is 0.860. The zero-order valence-corrected chi connectivity index (χ0v) is 12.7. The van der Waals surface area contributed by atoms with Gasteiger partial charge in [0.05, 0.1) is 14.2 Å². The van der Waals surface area contributed by atoms with Crippen molar-refractivity contribution in [2.75, 3.05) is 26.1 Å². The molecule has 0 spiro atoms. The Morgan fingerprint density at radius 1 is 1.29 bits per heavy atom. The van der Waals surface area contributed by atoms with Gasteiger partial charge >= 0.3 is 6.03 Å². The van der Waals surface area contributed by atoms with Crippen LogP contribution >= 0.6 is 11.3 Å². The van der Waals surface area contributed by atoms with Crippen molar-refractivity contribution in [1.82, 2.24) is 10.3 Å². The van der Waals surface area contributed by atoms with Crippen LogP contribution in [0.2, 0.25) is 0 Å². The van der Waals surface area contributed by atoms with Crippen molar-refractivity contribution < 1.29 is 14.3 Å². The number of nitrogens with zero attached hydrogens (tertiary/aromatic N) is 1. The molecular formula is C14H17N3O3S. The van der Waals surface area contributed by atoms with Crippen LogP contribution in [0.5, 0.6) is 11.5 Å². The first-order valence-electron chi connectivity index (χ1n) is 6.38. The van der Waals surface area contributed by atoms with Crippen molar-refractivity contribution in [3.05, 3.63) is 35.3 Å². The molecule has 0 unspecified atom stereocenters. The summed E-state index contributed by atoms with van der Waals surface area (Å²) in [6.07, 6.45) is 2.34. The number of methoxy groups -OCH3 is 2. The molecule has 0 atom stereocenters. The van der Waals surface area contributed by atoms with Crippen LogP contribution in [0.1, 0.15) is 5.56 Å². The van der Waals surface area contributed by atoms with E-state index in [9.17, 15) is 4.79 Å². The van der Waals surface area contributed by atoms with Crippen molar-refractivity contribution in [3.63, 3.8) is 0 Å². The van der Waals surface area contributed by atoms with Crippen molar-refractivity contribution in [2.45, 2.75) is 6.42 Å². The van der Waals surface area contributed by atoms with Crippen molar-refractivity contribution in [2.24, 2.45) is 0 Å². The second kappa shape index (κ2) is 7.49. The van der Waals surface area contributed by atoms with Gasteiger partial charge in [-0.25, -0.2) is 9.78 Å². The number of amides is 2. The Bertz CT molecular complexity index is 587. The molecule has 1 aromatic heterocycles. The lowest BCUT2D eigenvalue weighted by Crippen LogP contribution is -2.30. The largest absolute Gasteiger partial charge is 0.493 e. The Balaban J connectivity index is 1.81. The van der Waals surface area contributed by atoms with Gasteiger partial charge in [0, 0.05) is 18.1 Å². The minimum Gasteiger partial charge on any atom is -0.493 e. The van der Waals surface area contributed by atoms with Gasteiger partial charge in [-0.05, 0) is 24.1 Å². The average Bonchev–Trinajstić information content (AvgIpc) is 2.99. The monoisotopic (exact) mass is 307 g/mol. The van der Waals surface area contributed by atoms with Gasteiger partial charge in [-0.15, -0.1) is 11.3 Å². The van der Waals surface area contributed by atoms with Crippen LogP contribution in [-0.4, -0.2) is 31.8 Å². The number of rotatable bonds is 6. The van der Waals surface area contributed by atoms with E-state index in [-0.39, 0.29) is 6.03 Å². The number of nitrogens with one attached hydrogen (secondary N) is 2. The smallest absolute Gasteiger partial charge is 0.321 e. The SMILES string of the molecule is COc1ccc(CCNC(=O)Nc2nccs2)cc1OC. The zero-order chi connectivity index (χ0) is 15.1. The molecule has 6 nitrogen and oxygen atoms in total. The molecule has 2 N–H and O–H groups in total. The van der Waals surface area contributed by atoms with Gasteiger partial charge in [0.2, 0.25) is 0 Å². The molecule has 2 aromatic rings. The van der Waals surface area contributed by atoms with Crippen LogP contribution in [-0.2, 0) is 6.42 Å². The first-order chi connectivity index (χ1) is 10.2. The number of hydrogen-bond donors (Lipinski definition) is 2. The van der Waals surface area contributed by atoms with Gasteiger partial charge in [0.15, 0.2) is 16.6 Å². The van der Waals surface area contributed by atoms with Crippen LogP contribution < -0.4 is 20.1 Å². The third-order valence-corrected chi connectivity index (χ3v) is 3.49. The maximum absolute atomic E-state index is 11.6. The first-order valence-corrected chi connectivity index (χ1v) is 7.26. The second-order valence-electron chi connectivity index (χ2n) is 4.16. The summed E-state index contributed by atoms with van der Waals surface area (Å²) in [5.41, 5.74) is 1.06. The molecule has 1 heterocycles. The van der Waals surface area contributed by atoms with E-state index in [2.05, 4.69) is 15.6 Å². The zero-order valence-electron chi connectivity index (χ0n) is 11.9. The number of carbonyl (C=O) groups excluding carboxylic acids is 1. The van der Waals surface area contributed by atoms with E-state index in [1.165, 1.54) is 11.3 Å². The van der Waals surface area contributed by atoms with E-state index < -0.39 is 0 Å². The normalized spacial score (nSPS) is 10.0. The summed E-state index contributed by atoms with van der Waals surface area (Å²) >= 11 is 1.38. The lowest BCUT2D eigenvalue weighted by atomic mass is 10.1. The summed E-state index contributed by atoms with van der Waals surface area (Å²) in [6.45, 7) is 0.521. The molecule has 112 valence electrons. The highest BCUT2D eigenvalue weighted by atomic mass is 32.1. The highest BCUT2D eigenvalue weighted by Crippen LogP contribution is 2.27. The fourth-order valence-electron chi connectivity index (χ4n) is 1.78. The molecule has 0 saturated carbocycles. The summed E-state index contributed by atoms with van der Waals surface area (Å²) in [6, 6.07) is 5.44. The molecule has 0 bridgehead atoms. The summed E-state index contributed by atoms with van der Waals surface area (Å²) in [5.74, 6) is 1.37. The number of carbonyl (C=O) groups is 1. The number of benzene rings is 1. The average molecular weight is 307 g/mol. The van der Waals surface area contributed by atoms with E-state index in [1.54, 1.807) is 25.8 Å². The minimum absolute atomic E-state index is 0.259. The Morgan fingerprint density at radius 2 is 2.10 bits per heavy atom. The number of aromatic nitrogens is 1. The van der Waals surface area contributed by atoms with Crippen LogP contribution in [0.15, 0.2) is 29.8 Å². The Labute approximate surface area is 127 Å². The van der Waals surface area contributed by atoms with Crippen molar-refractivity contribution in [1.29, 1.82) is 0 Å². The first kappa shape index (κ1) is 15.1. The third-order valence-electron chi connectivity index (χ3n) is 2.80. The maximum Gasteiger partial charge on any atom is 0.321 e. The number of thiazole rings is 1. The molecule has 0 radical (unpaired) electrons. The maximum atomic E-state index is 11.6. The number of ether oxygens (including phenoxy) is 2. The summed E-state index contributed by atoms with van der Waals surface area (Å²) in [7, 11) is 3.20. The molecule has 0 aliphatic carbocycles. The fraction of sp³-hybridized carbons (Fsp3) is 0.286. The minimum atomic E-state index is -0.259. The molecule has 0 saturated heterocycles. The molecular weight excluding hydrogens is 290 g/mol. The Morgan fingerprint density at radius 3 is 2.76 bits per heavy atom. The molecule has 2 amide bonds. The standard InChI is InChI=1S/C14H17N3O3S/c1-19-11-4-3-10(9-12(11)20-2)5-6-15-13(18)17-14-16-7-8-21-14/h3-4,7-9H,5-6H2,1-2H3,(H2,15,16,17,18). The predicted molar refractivity (Wildman–Crippen MR) is 82.4 cm³/mol. The third kappa shape index (κ3) is 4.35. The molecule has 0 aliphatic heterocycles. The van der Waals surface area contributed by atoms with Crippen molar-refractivity contribution in [3.8, 4) is 11.5 Å². The fourth-order valence-corrected chi connectivity index (χ4v) is 2.31. The van der Waals surface area contributed by atoms with Gasteiger partial charge in [0.25, 0.3) is 0 Å². The number of anilines is 1. The lowest BCUT2D eigenvalue weighted by Gasteiger charge is -2.10. The molecule has 7 heteroatoms. The van der Waals surface area contributed by atoms with E-state index in [1.807, 2.05) is 18.2 Å². The van der Waals surface area contributed by atoms with E-state index >= 15 is 0 Å². The van der Waals surface area contributed by atoms with Crippen LogP contribution in [0, 0.1) is 0 Å². The molecule has 1 aromatic carbocycles.